The maximum Gasteiger partial charge on any atom is 0.162 e. The maximum atomic E-state index is 12.7. The van der Waals surface area contributed by atoms with E-state index in [9.17, 15) is 13.9 Å². The molecule has 0 bridgehead atoms. The largest absolute Gasteiger partial charge is 0.508 e. The van der Waals surface area contributed by atoms with Gasteiger partial charge in [0.05, 0.1) is 0 Å². The first-order valence-corrected chi connectivity index (χ1v) is 3.93. The minimum absolute atomic E-state index is 0.198. The number of rotatable bonds is 2. The van der Waals surface area contributed by atoms with Crippen molar-refractivity contribution in [2.75, 3.05) is 0 Å². The van der Waals surface area contributed by atoms with E-state index in [0.717, 1.165) is 12.1 Å². The van der Waals surface area contributed by atoms with Gasteiger partial charge in [0.2, 0.25) is 0 Å². The van der Waals surface area contributed by atoms with E-state index in [1.807, 2.05) is 0 Å². The van der Waals surface area contributed by atoms with E-state index >= 15 is 0 Å². The van der Waals surface area contributed by atoms with Crippen LogP contribution in [-0.4, -0.2) is 11.1 Å². The molecule has 1 atom stereocenters. The zero-order chi connectivity index (χ0) is 10.0. The van der Waals surface area contributed by atoms with Gasteiger partial charge in [-0.1, -0.05) is 0 Å². The average Bonchev–Trinajstić information content (AvgIpc) is 1.99. The van der Waals surface area contributed by atoms with Crippen LogP contribution in [0.4, 0.5) is 8.78 Å². The zero-order valence-electron chi connectivity index (χ0n) is 7.22. The highest BCUT2D eigenvalue weighted by atomic mass is 19.2. The van der Waals surface area contributed by atoms with Gasteiger partial charge >= 0.3 is 0 Å². The highest BCUT2D eigenvalue weighted by molar-refractivity contribution is 5.33. The summed E-state index contributed by atoms with van der Waals surface area (Å²) in [7, 11) is 0. The molecule has 0 fully saturated rings. The quantitative estimate of drug-likeness (QED) is 0.738. The van der Waals surface area contributed by atoms with Gasteiger partial charge in [-0.2, -0.15) is 0 Å². The van der Waals surface area contributed by atoms with Crippen LogP contribution in [0, 0.1) is 11.6 Å². The molecular weight excluding hydrogens is 176 g/mol. The molecule has 1 aromatic carbocycles. The fourth-order valence-electron chi connectivity index (χ4n) is 1.09. The van der Waals surface area contributed by atoms with Gasteiger partial charge in [0, 0.05) is 12.1 Å². The molecule has 0 aliphatic rings. The minimum Gasteiger partial charge on any atom is -0.508 e. The Labute approximate surface area is 75.0 Å². The molecule has 0 saturated heterocycles. The standard InChI is InChI=1S/C9H11F2NO/c1-5(12)2-6-3-7(10)8(11)4-9(6)13/h3-5,13H,2,12H2,1H3. The molecule has 1 aromatic rings. The second-order valence-corrected chi connectivity index (χ2v) is 3.08. The Bertz CT molecular complexity index is 313. The van der Waals surface area contributed by atoms with Gasteiger partial charge in [0.25, 0.3) is 0 Å². The van der Waals surface area contributed by atoms with Crippen LogP contribution in [0.5, 0.6) is 5.75 Å². The maximum absolute atomic E-state index is 12.7. The molecule has 0 aromatic heterocycles. The minimum atomic E-state index is -1.05. The van der Waals surface area contributed by atoms with Crippen LogP contribution < -0.4 is 5.73 Å². The molecule has 2 nitrogen and oxygen atoms in total. The molecule has 0 radical (unpaired) electrons. The van der Waals surface area contributed by atoms with Crippen LogP contribution >= 0.6 is 0 Å². The predicted molar refractivity (Wildman–Crippen MR) is 45.4 cm³/mol. The molecule has 0 amide bonds. The lowest BCUT2D eigenvalue weighted by Crippen LogP contribution is -2.18. The van der Waals surface area contributed by atoms with E-state index in [1.165, 1.54) is 0 Å². The van der Waals surface area contributed by atoms with Crippen LogP contribution in [0.25, 0.3) is 0 Å². The Morgan fingerprint density at radius 2 is 1.92 bits per heavy atom. The number of hydrogen-bond acceptors (Lipinski definition) is 2. The van der Waals surface area contributed by atoms with Gasteiger partial charge in [-0.15, -0.1) is 0 Å². The molecule has 1 unspecified atom stereocenters. The fraction of sp³-hybridized carbons (Fsp3) is 0.333. The van der Waals surface area contributed by atoms with Crippen molar-refractivity contribution in [1.29, 1.82) is 0 Å². The van der Waals surface area contributed by atoms with E-state index in [-0.39, 0.29) is 11.8 Å². The van der Waals surface area contributed by atoms with E-state index in [0.29, 0.717) is 12.0 Å². The lowest BCUT2D eigenvalue weighted by atomic mass is 10.1. The Morgan fingerprint density at radius 3 is 2.46 bits per heavy atom. The molecule has 0 aliphatic carbocycles. The van der Waals surface area contributed by atoms with Gasteiger partial charge in [-0.25, -0.2) is 8.78 Å². The molecule has 3 N–H and O–H groups in total. The Morgan fingerprint density at radius 1 is 1.38 bits per heavy atom. The van der Waals surface area contributed by atoms with Gasteiger partial charge in [-0.3, -0.25) is 0 Å². The first-order valence-electron chi connectivity index (χ1n) is 3.93. The molecule has 13 heavy (non-hydrogen) atoms. The number of phenolic OH excluding ortho intramolecular Hbond substituents is 1. The summed E-state index contributed by atoms with van der Waals surface area (Å²) < 4.78 is 25.2. The third-order valence-electron chi connectivity index (χ3n) is 1.66. The number of nitrogens with two attached hydrogens (primary N) is 1. The monoisotopic (exact) mass is 187 g/mol. The molecule has 0 saturated carbocycles. The molecule has 0 heterocycles. The molecule has 72 valence electrons. The van der Waals surface area contributed by atoms with Crippen molar-refractivity contribution in [1.82, 2.24) is 0 Å². The van der Waals surface area contributed by atoms with Gasteiger partial charge < -0.3 is 10.8 Å². The Balaban J connectivity index is 3.01. The van der Waals surface area contributed by atoms with Crippen molar-refractivity contribution in [2.24, 2.45) is 5.73 Å². The summed E-state index contributed by atoms with van der Waals surface area (Å²) in [6.07, 6.45) is 0.322. The third-order valence-corrected chi connectivity index (χ3v) is 1.66. The first kappa shape index (κ1) is 9.92. The van der Waals surface area contributed by atoms with Crippen LogP contribution in [-0.2, 0) is 6.42 Å². The van der Waals surface area contributed by atoms with Crippen molar-refractivity contribution >= 4 is 0 Å². The summed E-state index contributed by atoms with van der Waals surface area (Å²) in [6.45, 7) is 1.72. The van der Waals surface area contributed by atoms with E-state index in [2.05, 4.69) is 0 Å². The zero-order valence-corrected chi connectivity index (χ0v) is 7.22. The van der Waals surface area contributed by atoms with Crippen molar-refractivity contribution in [2.45, 2.75) is 19.4 Å². The average molecular weight is 187 g/mol. The van der Waals surface area contributed by atoms with Gasteiger partial charge in [-0.05, 0) is 25.0 Å². The van der Waals surface area contributed by atoms with E-state index in [4.69, 9.17) is 5.73 Å². The van der Waals surface area contributed by atoms with Gasteiger partial charge in [0.1, 0.15) is 5.75 Å². The first-order chi connectivity index (χ1) is 6.00. The summed E-state index contributed by atoms with van der Waals surface area (Å²) in [4.78, 5) is 0. The summed E-state index contributed by atoms with van der Waals surface area (Å²) in [5.74, 6) is -2.27. The number of benzene rings is 1. The summed E-state index contributed by atoms with van der Waals surface area (Å²) in [6, 6.07) is 1.52. The molecule has 1 rings (SSSR count). The summed E-state index contributed by atoms with van der Waals surface area (Å²) in [5, 5.41) is 9.20. The summed E-state index contributed by atoms with van der Waals surface area (Å²) >= 11 is 0. The smallest absolute Gasteiger partial charge is 0.162 e. The highest BCUT2D eigenvalue weighted by Gasteiger charge is 2.09. The third kappa shape index (κ3) is 2.39. The van der Waals surface area contributed by atoms with Crippen molar-refractivity contribution in [3.63, 3.8) is 0 Å². The highest BCUT2D eigenvalue weighted by Crippen LogP contribution is 2.21. The normalized spacial score (nSPS) is 12.9. The van der Waals surface area contributed by atoms with Crippen molar-refractivity contribution in [3.8, 4) is 5.75 Å². The van der Waals surface area contributed by atoms with Crippen LogP contribution in [0.3, 0.4) is 0 Å². The van der Waals surface area contributed by atoms with E-state index in [1.54, 1.807) is 6.92 Å². The lowest BCUT2D eigenvalue weighted by molar-refractivity contribution is 0.445. The molecule has 4 heteroatoms. The lowest BCUT2D eigenvalue weighted by Gasteiger charge is -2.07. The van der Waals surface area contributed by atoms with Crippen molar-refractivity contribution in [3.05, 3.63) is 29.3 Å². The number of aromatic hydroxyl groups is 1. The summed E-state index contributed by atoms with van der Waals surface area (Å²) in [5.41, 5.74) is 5.78. The number of phenols is 1. The Hall–Kier alpha value is -1.16. The number of hydrogen-bond donors (Lipinski definition) is 2. The second-order valence-electron chi connectivity index (χ2n) is 3.08. The predicted octanol–water partition coefficient (Wildman–Crippen LogP) is 1.56. The SMILES string of the molecule is CC(N)Cc1cc(F)c(F)cc1O. The van der Waals surface area contributed by atoms with Gasteiger partial charge in [0.15, 0.2) is 11.6 Å². The van der Waals surface area contributed by atoms with Crippen LogP contribution in [0.1, 0.15) is 12.5 Å². The van der Waals surface area contributed by atoms with Crippen LogP contribution in [0.15, 0.2) is 12.1 Å². The molecule has 0 spiro atoms. The Kier molecular flexibility index (Phi) is 2.83. The molecular formula is C9H11F2NO. The fourth-order valence-corrected chi connectivity index (χ4v) is 1.09. The van der Waals surface area contributed by atoms with Crippen molar-refractivity contribution < 1.29 is 13.9 Å². The van der Waals surface area contributed by atoms with E-state index < -0.39 is 11.6 Å². The molecule has 0 aliphatic heterocycles. The second kappa shape index (κ2) is 3.70. The van der Waals surface area contributed by atoms with Crippen LogP contribution in [0.2, 0.25) is 0 Å². The topological polar surface area (TPSA) is 46.2 Å². The number of halogens is 2.